The molecular weight excluding hydrogens is 761 g/mol. The molecule has 15 heteroatoms. The highest BCUT2D eigenvalue weighted by Crippen LogP contribution is 2.88. The summed E-state index contributed by atoms with van der Waals surface area (Å²) in [5, 5.41) is 9.12. The fourth-order valence-corrected chi connectivity index (χ4v) is 13.2. The molecule has 2 spiro atoms. The number of fused-ring (bicyclic) bond motifs is 1. The van der Waals surface area contributed by atoms with Gasteiger partial charge in [0.05, 0.1) is 12.5 Å². The second-order valence-electron chi connectivity index (χ2n) is 20.3. The Kier molecular flexibility index (Phi) is 11.7. The van der Waals surface area contributed by atoms with Crippen molar-refractivity contribution in [2.24, 2.45) is 33.5 Å². The lowest BCUT2D eigenvalue weighted by atomic mass is 9.73. The molecule has 0 bridgehead atoms. The maximum absolute atomic E-state index is 15.2. The first-order valence-electron chi connectivity index (χ1n) is 22.1. The smallest absolute Gasteiger partial charge is 0.303 e. The molecule has 0 aromatic carbocycles. The zero-order valence-electron chi connectivity index (χ0n) is 35.5. The molecule has 14 nitrogen and oxygen atoms in total. The van der Waals surface area contributed by atoms with Crippen molar-refractivity contribution in [3.63, 3.8) is 0 Å². The average molecular weight is 829 g/mol. The van der Waals surface area contributed by atoms with Crippen LogP contribution in [0.3, 0.4) is 0 Å². The van der Waals surface area contributed by atoms with Crippen molar-refractivity contribution < 1.29 is 37.1 Å². The second kappa shape index (κ2) is 15.8. The van der Waals surface area contributed by atoms with Crippen LogP contribution in [0.2, 0.25) is 0 Å². The number of nitrogens with one attached hydrogen (secondary N) is 4. The summed E-state index contributed by atoms with van der Waals surface area (Å²) in [7, 11) is -4.11. The van der Waals surface area contributed by atoms with E-state index in [9.17, 15) is 27.6 Å². The van der Waals surface area contributed by atoms with Crippen LogP contribution in [-0.2, 0) is 38.9 Å². The topological polar surface area (TPSA) is 183 Å². The molecule has 58 heavy (non-hydrogen) atoms. The molecule has 7 aliphatic rings. The number of likely N-dealkylation sites (tertiary alicyclic amines) is 1. The summed E-state index contributed by atoms with van der Waals surface area (Å²) >= 11 is 0. The number of hydrogen-bond donors (Lipinski definition) is 4. The number of carbonyl (C=O) groups excluding carboxylic acids is 5. The SMILES string of the molecule is C=C[C@@H]1C[C@]1(NC(=O)[C@@H]1C[C@@]2(CN1C(=O)[C@@H](NC(=O)C(NC(=O)CC1CCCCO1)C1CCCCC1)C(C)(C)C)C(C)(C)C21CCC1)C(=O)NS(=O)(=O)N1CCCC1. The van der Waals surface area contributed by atoms with Crippen molar-refractivity contribution in [3.05, 3.63) is 12.7 Å². The van der Waals surface area contributed by atoms with Crippen LogP contribution in [0.1, 0.15) is 137 Å². The Labute approximate surface area is 345 Å². The van der Waals surface area contributed by atoms with Gasteiger partial charge in [0.15, 0.2) is 0 Å². The summed E-state index contributed by atoms with van der Waals surface area (Å²) in [5.41, 5.74) is -2.79. The molecule has 4 aliphatic carbocycles. The van der Waals surface area contributed by atoms with Gasteiger partial charge in [0.1, 0.15) is 23.7 Å². The second-order valence-corrected chi connectivity index (χ2v) is 22.0. The van der Waals surface area contributed by atoms with Gasteiger partial charge in [0, 0.05) is 37.6 Å². The first-order chi connectivity index (χ1) is 27.3. The van der Waals surface area contributed by atoms with Crippen LogP contribution in [0, 0.1) is 33.5 Å². The Hall–Kier alpha value is -3.04. The molecule has 7 rings (SSSR count). The lowest BCUT2D eigenvalue weighted by Gasteiger charge is -2.38. The van der Waals surface area contributed by atoms with E-state index in [4.69, 9.17) is 4.74 Å². The van der Waals surface area contributed by atoms with Gasteiger partial charge in [-0.2, -0.15) is 12.7 Å². The quantitative estimate of drug-likeness (QED) is 0.202. The fraction of sp³-hybridized carbons (Fsp3) is 0.837. The van der Waals surface area contributed by atoms with Crippen LogP contribution >= 0.6 is 0 Å². The minimum atomic E-state index is -4.11. The third kappa shape index (κ3) is 7.51. The van der Waals surface area contributed by atoms with Gasteiger partial charge in [0.2, 0.25) is 23.6 Å². The van der Waals surface area contributed by atoms with Crippen LogP contribution in [0.4, 0.5) is 0 Å². The molecule has 0 aromatic rings. The van der Waals surface area contributed by atoms with Gasteiger partial charge in [-0.3, -0.25) is 24.0 Å². The molecule has 0 radical (unpaired) electrons. The monoisotopic (exact) mass is 828 g/mol. The number of hydrogen-bond acceptors (Lipinski definition) is 8. The van der Waals surface area contributed by atoms with Crippen molar-refractivity contribution in [1.82, 2.24) is 29.9 Å². The van der Waals surface area contributed by atoms with Gasteiger partial charge in [-0.25, -0.2) is 4.72 Å². The highest BCUT2D eigenvalue weighted by Gasteiger charge is 2.85. The molecule has 4 N–H and O–H groups in total. The number of nitrogens with zero attached hydrogens (tertiary/aromatic N) is 2. The number of carbonyl (C=O) groups is 5. The zero-order valence-corrected chi connectivity index (χ0v) is 36.3. The van der Waals surface area contributed by atoms with E-state index in [0.29, 0.717) is 45.5 Å². The summed E-state index contributed by atoms with van der Waals surface area (Å²) in [4.78, 5) is 73.3. The molecule has 324 valence electrons. The highest BCUT2D eigenvalue weighted by molar-refractivity contribution is 7.87. The summed E-state index contributed by atoms with van der Waals surface area (Å²) in [6, 6.07) is -2.80. The van der Waals surface area contributed by atoms with Crippen LogP contribution < -0.4 is 20.7 Å². The van der Waals surface area contributed by atoms with Gasteiger partial charge in [-0.05, 0) is 92.8 Å². The third-order valence-corrected chi connectivity index (χ3v) is 17.4. The Morgan fingerprint density at radius 1 is 0.879 bits per heavy atom. The van der Waals surface area contributed by atoms with E-state index in [1.54, 1.807) is 11.0 Å². The Morgan fingerprint density at radius 2 is 1.55 bits per heavy atom. The molecule has 5 amide bonds. The Morgan fingerprint density at radius 3 is 2.10 bits per heavy atom. The van der Waals surface area contributed by atoms with Crippen LogP contribution in [0.15, 0.2) is 12.7 Å². The van der Waals surface area contributed by atoms with Crippen LogP contribution in [0.5, 0.6) is 0 Å². The van der Waals surface area contributed by atoms with Gasteiger partial charge in [0.25, 0.3) is 5.91 Å². The maximum Gasteiger partial charge on any atom is 0.303 e. The highest BCUT2D eigenvalue weighted by atomic mass is 32.2. The van der Waals surface area contributed by atoms with Gasteiger partial charge in [-0.1, -0.05) is 66.4 Å². The number of ether oxygens (including phenoxy) is 1. The normalized spacial score (nSPS) is 32.8. The van der Waals surface area contributed by atoms with E-state index < -0.39 is 62.9 Å². The van der Waals surface area contributed by atoms with Gasteiger partial charge < -0.3 is 25.6 Å². The Bertz CT molecular complexity index is 1760. The molecule has 2 unspecified atom stereocenters. The predicted octanol–water partition coefficient (Wildman–Crippen LogP) is 3.86. The average Bonchev–Trinajstić information content (AvgIpc) is 3.62. The van der Waals surface area contributed by atoms with E-state index in [1.807, 2.05) is 20.8 Å². The predicted molar refractivity (Wildman–Crippen MR) is 218 cm³/mol. The standard InChI is InChI=1S/C43H68N6O8S/c1-7-29-25-43(29,38(54)47-58(55,56)48-21-12-13-22-48)46-35(51)31-26-42(40(5,6)41(42)19-15-20-41)27-49(31)37(53)34(39(2,3)4)45-36(52)33(28-16-9-8-10-17-28)44-32(50)24-30-18-11-14-23-57-30/h7,28-31,33-34H,1,8-27H2,2-6H3,(H,44,50)(H,45,52)(H,46,51)(H,47,54)/t29-,30?,31+,33?,34-,42-,43-/m1/s1. The third-order valence-electron chi connectivity index (χ3n) is 15.9. The zero-order chi connectivity index (χ0) is 41.9. The van der Waals surface area contributed by atoms with Crippen LogP contribution in [-0.4, -0.2) is 103 Å². The summed E-state index contributed by atoms with van der Waals surface area (Å²) < 4.78 is 35.6. The summed E-state index contributed by atoms with van der Waals surface area (Å²) in [6.45, 7) is 15.6. The maximum atomic E-state index is 15.2. The van der Waals surface area contributed by atoms with E-state index in [1.165, 1.54) is 4.31 Å². The first kappa shape index (κ1) is 43.1. The lowest BCUT2D eigenvalue weighted by molar-refractivity contribution is -0.145. The molecule has 3 saturated heterocycles. The molecular formula is C43H68N6O8S. The van der Waals surface area contributed by atoms with E-state index in [2.05, 4.69) is 41.1 Å². The largest absolute Gasteiger partial charge is 0.378 e. The van der Waals surface area contributed by atoms with Gasteiger partial charge >= 0.3 is 10.2 Å². The minimum absolute atomic E-state index is 0.0193. The summed E-state index contributed by atoms with van der Waals surface area (Å²) in [5.74, 6) is -2.91. The van der Waals surface area contributed by atoms with Gasteiger partial charge in [-0.15, -0.1) is 6.58 Å². The molecule has 3 heterocycles. The number of rotatable bonds is 13. The van der Waals surface area contributed by atoms with E-state index >= 15 is 4.79 Å². The Balaban J connectivity index is 1.14. The van der Waals surface area contributed by atoms with Crippen molar-refractivity contribution in [2.45, 2.75) is 167 Å². The lowest BCUT2D eigenvalue weighted by Crippen LogP contribution is -2.62. The first-order valence-corrected chi connectivity index (χ1v) is 23.6. The molecule has 0 aromatic heterocycles. The van der Waals surface area contributed by atoms with Crippen molar-refractivity contribution >= 4 is 39.7 Å². The van der Waals surface area contributed by atoms with E-state index in [0.717, 1.165) is 70.6 Å². The molecule has 7 atom stereocenters. The van der Waals surface area contributed by atoms with Crippen molar-refractivity contribution in [3.8, 4) is 0 Å². The van der Waals surface area contributed by atoms with E-state index in [-0.39, 0.29) is 52.9 Å². The molecule has 7 fully saturated rings. The van der Waals surface area contributed by atoms with Crippen molar-refractivity contribution in [2.75, 3.05) is 26.2 Å². The van der Waals surface area contributed by atoms with Crippen molar-refractivity contribution in [1.29, 1.82) is 0 Å². The molecule has 3 aliphatic heterocycles. The fourth-order valence-electron chi connectivity index (χ4n) is 11.9. The molecule has 4 saturated carbocycles. The minimum Gasteiger partial charge on any atom is -0.378 e. The van der Waals surface area contributed by atoms with Crippen LogP contribution in [0.25, 0.3) is 0 Å². The summed E-state index contributed by atoms with van der Waals surface area (Å²) in [6.07, 6.45) is 14.0. The number of amides is 5.